The minimum absolute atomic E-state index is 0.0200. The molecular weight excluding hydrogens is 335 g/mol. The molecule has 0 aliphatic rings. The summed E-state index contributed by atoms with van der Waals surface area (Å²) in [6.07, 6.45) is 0. The predicted molar refractivity (Wildman–Crippen MR) is 58.4 cm³/mol. The van der Waals surface area contributed by atoms with Crippen molar-refractivity contribution in [2.45, 2.75) is 0 Å². The summed E-state index contributed by atoms with van der Waals surface area (Å²) in [5, 5.41) is 34.4. The average Bonchev–Trinajstić information content (AvgIpc) is 3.15. The van der Waals surface area contributed by atoms with E-state index in [1.54, 1.807) is 0 Å². The van der Waals surface area contributed by atoms with Crippen molar-refractivity contribution in [3.05, 3.63) is 15.5 Å². The Kier molecular flexibility index (Phi) is 3.33. The van der Waals surface area contributed by atoms with Gasteiger partial charge in [0.15, 0.2) is 5.16 Å². The Morgan fingerprint density at radius 3 is 2.24 bits per heavy atom. The van der Waals surface area contributed by atoms with Gasteiger partial charge < -0.3 is 9.94 Å². The van der Waals surface area contributed by atoms with Crippen LogP contribution in [0.25, 0.3) is 0 Å². The summed E-state index contributed by atoms with van der Waals surface area (Å²) < 4.78 is 18.0. The van der Waals surface area contributed by atoms with E-state index in [9.17, 15) is 5.21 Å². The van der Waals surface area contributed by atoms with Gasteiger partial charge in [0.1, 0.15) is 0 Å². The Hall–Kier alpha value is -2.80. The van der Waals surface area contributed by atoms with Gasteiger partial charge in [0.2, 0.25) is 5.15 Å². The van der Waals surface area contributed by atoms with E-state index in [0.29, 0.717) is 0 Å². The molecule has 3 aromatic heterocycles. The molecule has 0 aliphatic heterocycles. The molecule has 0 bridgehead atoms. The second-order valence-electron chi connectivity index (χ2n) is 3.11. The van der Waals surface area contributed by atoms with Crippen molar-refractivity contribution in [3.8, 4) is 11.8 Å². The number of ether oxygens (including phenoxy) is 1. The first-order chi connectivity index (χ1) is 10.1. The number of halogens is 2. The average molecular weight is 335 g/mol. The monoisotopic (exact) mass is 334 g/mol. The minimum atomic E-state index is -0.397. The normalized spacial score (nSPS) is 11.8. The highest BCUT2D eigenvalue weighted by atomic mass is 35.5. The molecule has 0 spiro atoms. The van der Waals surface area contributed by atoms with Crippen LogP contribution in [0.2, 0.25) is 10.3 Å². The third kappa shape index (κ3) is 2.59. The molecule has 108 valence electrons. The number of nitrogens with zero attached hydrogens (tertiary/aromatic N) is 8. The molecule has 0 saturated carbocycles. The van der Waals surface area contributed by atoms with Gasteiger partial charge in [-0.05, 0) is 42.5 Å². The van der Waals surface area contributed by atoms with Gasteiger partial charge in [-0.15, -0.1) is 9.49 Å². The van der Waals surface area contributed by atoms with E-state index in [0.717, 1.165) is 0 Å². The molecule has 0 amide bonds. The second-order valence-corrected chi connectivity index (χ2v) is 3.82. The van der Waals surface area contributed by atoms with Gasteiger partial charge in [-0.3, -0.25) is 0 Å². The summed E-state index contributed by atoms with van der Waals surface area (Å²) in [6, 6.07) is 0. The molecule has 0 unspecified atom stereocenters. The van der Waals surface area contributed by atoms with Gasteiger partial charge in [-0.2, -0.15) is 0 Å². The Balaban J connectivity index is 1.89. The Labute approximate surface area is 122 Å². The van der Waals surface area contributed by atoms with E-state index in [1.807, 2.05) is 0 Å². The lowest BCUT2D eigenvalue weighted by Crippen LogP contribution is -1.92. The predicted octanol–water partition coefficient (Wildman–Crippen LogP) is 1.86. The number of hydrogen-bond donors (Lipinski definition) is 0. The van der Waals surface area contributed by atoms with E-state index < -0.39 is 5.82 Å². The highest BCUT2D eigenvalue weighted by Crippen LogP contribution is 2.31. The second kappa shape index (κ2) is 5.29. The van der Waals surface area contributed by atoms with Crippen LogP contribution in [0.4, 0.5) is 11.6 Å². The molecule has 0 fully saturated rings. The van der Waals surface area contributed by atoms with E-state index in [1.165, 1.54) is 0 Å². The zero-order valence-electron chi connectivity index (χ0n) is 9.37. The van der Waals surface area contributed by atoms with Crippen LogP contribution >= 0.6 is 23.2 Å². The topological polar surface area (TPSA) is 164 Å². The Morgan fingerprint density at radius 2 is 1.57 bits per heavy atom. The van der Waals surface area contributed by atoms with Crippen LogP contribution in [0.3, 0.4) is 0 Å². The molecule has 3 aromatic rings. The van der Waals surface area contributed by atoms with Crippen molar-refractivity contribution in [3.63, 3.8) is 0 Å². The Bertz CT molecular complexity index is 795. The molecule has 13 nitrogen and oxygen atoms in total. The van der Waals surface area contributed by atoms with Crippen LogP contribution in [0.1, 0.15) is 0 Å². The fourth-order valence-corrected chi connectivity index (χ4v) is 1.29. The molecule has 3 heterocycles. The largest absolute Gasteiger partial charge is 0.690 e. The summed E-state index contributed by atoms with van der Waals surface area (Å²) in [5.74, 6) is -1.28. The van der Waals surface area contributed by atoms with E-state index in [-0.39, 0.29) is 32.7 Å². The first kappa shape index (κ1) is 13.2. The number of rotatable bonds is 4. The number of hydrogen-bond acceptors (Lipinski definition) is 12. The van der Waals surface area contributed by atoms with E-state index >= 15 is 0 Å². The van der Waals surface area contributed by atoms with Gasteiger partial charge in [-0.25, -0.2) is 9.26 Å². The highest BCUT2D eigenvalue weighted by molar-refractivity contribution is 6.31. The van der Waals surface area contributed by atoms with Crippen LogP contribution < -0.4 is 4.74 Å². The van der Waals surface area contributed by atoms with Crippen molar-refractivity contribution >= 4 is 34.8 Å². The van der Waals surface area contributed by atoms with Crippen LogP contribution in [0, 0.1) is 5.21 Å². The molecule has 15 heteroatoms. The quantitative estimate of drug-likeness (QED) is 0.388. The molecule has 3 rings (SSSR count). The molecule has 0 aromatic carbocycles. The maximum atomic E-state index is 11.7. The molecular formula is C6Cl2N8O5. The maximum absolute atomic E-state index is 11.7. The molecule has 0 atom stereocenters. The van der Waals surface area contributed by atoms with Gasteiger partial charge >= 0.3 is 23.4 Å². The summed E-state index contributed by atoms with van der Waals surface area (Å²) in [6.45, 7) is 0. The lowest BCUT2D eigenvalue weighted by Gasteiger charge is -1.98. The van der Waals surface area contributed by atoms with Crippen molar-refractivity contribution < 1.29 is 23.5 Å². The molecule has 21 heavy (non-hydrogen) atoms. The first-order valence-electron chi connectivity index (χ1n) is 4.80. The maximum Gasteiger partial charge on any atom is 0.437 e. The standard InChI is InChI=1S/C6Cl2N8O5/c7-1-4(13-19-10-1)16(17)9-3-6(15-21-12-3)18-5-2(8)11-20-14-5. The van der Waals surface area contributed by atoms with Gasteiger partial charge in [0.25, 0.3) is 5.15 Å². The smallest absolute Gasteiger partial charge is 0.437 e. The number of aromatic nitrogens is 6. The van der Waals surface area contributed by atoms with Gasteiger partial charge in [0, 0.05) is 0 Å². The molecule has 0 saturated heterocycles. The zero-order valence-corrected chi connectivity index (χ0v) is 10.9. The third-order valence-electron chi connectivity index (χ3n) is 1.86. The summed E-state index contributed by atoms with van der Waals surface area (Å²) >= 11 is 11.1. The van der Waals surface area contributed by atoms with E-state index in [4.69, 9.17) is 27.9 Å². The summed E-state index contributed by atoms with van der Waals surface area (Å²) in [7, 11) is 0. The molecule has 0 aliphatic carbocycles. The van der Waals surface area contributed by atoms with Crippen molar-refractivity contribution in [1.82, 2.24) is 30.9 Å². The van der Waals surface area contributed by atoms with Crippen molar-refractivity contribution in [2.24, 2.45) is 5.11 Å². The minimum Gasteiger partial charge on any atom is -0.690 e. The molecule has 0 radical (unpaired) electrons. The fraction of sp³-hybridized carbons (Fsp3) is 0. The fourth-order valence-electron chi connectivity index (χ4n) is 1.04. The third-order valence-corrected chi connectivity index (χ3v) is 2.33. The first-order valence-corrected chi connectivity index (χ1v) is 5.56. The van der Waals surface area contributed by atoms with Crippen LogP contribution in [-0.4, -0.2) is 35.8 Å². The number of azo groups is 1. The highest BCUT2D eigenvalue weighted by Gasteiger charge is 2.22. The van der Waals surface area contributed by atoms with Gasteiger partial charge in [-0.1, -0.05) is 11.6 Å². The van der Waals surface area contributed by atoms with Crippen LogP contribution in [-0.2, 0) is 0 Å². The Morgan fingerprint density at radius 1 is 0.905 bits per heavy atom. The summed E-state index contributed by atoms with van der Waals surface area (Å²) in [4.78, 5) is -0.0200. The molecule has 0 N–H and O–H groups in total. The van der Waals surface area contributed by atoms with Gasteiger partial charge in [0.05, 0.1) is 0 Å². The summed E-state index contributed by atoms with van der Waals surface area (Å²) in [5.41, 5.74) is 0. The SMILES string of the molecule is [O-][N+](=Nc1nonc1Oc1nonc1Cl)c1nonc1Cl. The lowest BCUT2D eigenvalue weighted by atomic mass is 10.7. The lowest BCUT2D eigenvalue weighted by molar-refractivity contribution is -0.441. The van der Waals surface area contributed by atoms with E-state index in [2.05, 4.69) is 49.9 Å². The van der Waals surface area contributed by atoms with Crippen molar-refractivity contribution in [2.75, 3.05) is 0 Å². The zero-order chi connectivity index (χ0) is 14.8. The van der Waals surface area contributed by atoms with Crippen LogP contribution in [0.15, 0.2) is 19.0 Å². The van der Waals surface area contributed by atoms with Crippen molar-refractivity contribution in [1.29, 1.82) is 0 Å². The van der Waals surface area contributed by atoms with Crippen LogP contribution in [0.5, 0.6) is 11.8 Å².